The summed E-state index contributed by atoms with van der Waals surface area (Å²) in [6.07, 6.45) is 1.61. The molecule has 1 aliphatic carbocycles. The van der Waals surface area contributed by atoms with Gasteiger partial charge in [-0.25, -0.2) is 0 Å². The number of nitrogens with zero attached hydrogens (tertiary/aromatic N) is 2. The first-order valence-electron chi connectivity index (χ1n) is 7.78. The molecule has 1 aromatic heterocycles. The number of anilines is 1. The monoisotopic (exact) mass is 277 g/mol. The SMILES string of the molecule is Cc1nn(C(C)C)c(C)c1NC1C2CCOC2C1(C)C. The van der Waals surface area contributed by atoms with Crippen LogP contribution >= 0.6 is 0 Å². The third kappa shape index (κ3) is 1.80. The van der Waals surface area contributed by atoms with Gasteiger partial charge in [0.15, 0.2) is 0 Å². The lowest BCUT2D eigenvalue weighted by Crippen LogP contribution is -2.63. The van der Waals surface area contributed by atoms with Gasteiger partial charge < -0.3 is 10.1 Å². The molecule has 112 valence electrons. The number of aromatic nitrogens is 2. The van der Waals surface area contributed by atoms with E-state index >= 15 is 0 Å². The van der Waals surface area contributed by atoms with Gasteiger partial charge in [-0.1, -0.05) is 13.8 Å². The minimum atomic E-state index is 0.208. The highest BCUT2D eigenvalue weighted by Gasteiger charge is 2.59. The van der Waals surface area contributed by atoms with Crippen LogP contribution in [0.2, 0.25) is 0 Å². The molecule has 3 unspecified atom stereocenters. The van der Waals surface area contributed by atoms with Gasteiger partial charge in [0, 0.05) is 30.0 Å². The molecule has 4 nitrogen and oxygen atoms in total. The van der Waals surface area contributed by atoms with Crippen LogP contribution in [0.1, 0.15) is 51.5 Å². The van der Waals surface area contributed by atoms with Gasteiger partial charge >= 0.3 is 0 Å². The van der Waals surface area contributed by atoms with E-state index in [4.69, 9.17) is 4.74 Å². The number of rotatable bonds is 3. The molecular weight excluding hydrogens is 250 g/mol. The maximum atomic E-state index is 5.88. The van der Waals surface area contributed by atoms with Gasteiger partial charge in [-0.2, -0.15) is 5.10 Å². The maximum absolute atomic E-state index is 5.88. The Hall–Kier alpha value is -1.03. The van der Waals surface area contributed by atoms with Gasteiger partial charge in [-0.15, -0.1) is 0 Å². The van der Waals surface area contributed by atoms with E-state index in [9.17, 15) is 0 Å². The van der Waals surface area contributed by atoms with Crippen LogP contribution in [0.3, 0.4) is 0 Å². The molecule has 0 aromatic carbocycles. The van der Waals surface area contributed by atoms with Crippen molar-refractivity contribution in [1.29, 1.82) is 0 Å². The summed E-state index contributed by atoms with van der Waals surface area (Å²) in [6, 6.07) is 0.901. The van der Waals surface area contributed by atoms with E-state index in [1.807, 2.05) is 0 Å². The molecule has 1 aliphatic heterocycles. The number of aryl methyl sites for hydroxylation is 1. The second-order valence-corrected chi connectivity index (χ2v) is 7.27. The topological polar surface area (TPSA) is 39.1 Å². The van der Waals surface area contributed by atoms with Gasteiger partial charge in [0.05, 0.1) is 23.2 Å². The van der Waals surface area contributed by atoms with Crippen molar-refractivity contribution in [2.75, 3.05) is 11.9 Å². The van der Waals surface area contributed by atoms with Crippen LogP contribution in [0.25, 0.3) is 0 Å². The second kappa shape index (κ2) is 4.48. The summed E-state index contributed by atoms with van der Waals surface area (Å²) in [6.45, 7) is 14.2. The third-order valence-corrected chi connectivity index (χ3v) is 5.21. The lowest BCUT2D eigenvalue weighted by molar-refractivity contribution is -0.0923. The highest BCUT2D eigenvalue weighted by atomic mass is 16.5. The lowest BCUT2D eigenvalue weighted by Gasteiger charge is -2.55. The Balaban J connectivity index is 1.85. The fourth-order valence-corrected chi connectivity index (χ4v) is 4.15. The molecule has 1 aromatic rings. The molecule has 1 N–H and O–H groups in total. The van der Waals surface area contributed by atoms with Crippen molar-refractivity contribution in [3.05, 3.63) is 11.4 Å². The molecule has 2 aliphatic rings. The average molecular weight is 277 g/mol. The summed E-state index contributed by atoms with van der Waals surface area (Å²) in [5, 5.41) is 8.47. The van der Waals surface area contributed by atoms with Gasteiger partial charge in [0.1, 0.15) is 0 Å². The molecule has 1 saturated heterocycles. The van der Waals surface area contributed by atoms with Crippen LogP contribution in [0, 0.1) is 25.2 Å². The van der Waals surface area contributed by atoms with Crippen LogP contribution in [0.4, 0.5) is 5.69 Å². The molecule has 1 saturated carbocycles. The molecule has 2 heterocycles. The first-order valence-corrected chi connectivity index (χ1v) is 7.78. The minimum absolute atomic E-state index is 0.208. The van der Waals surface area contributed by atoms with Crippen molar-refractivity contribution >= 4 is 5.69 Å². The van der Waals surface area contributed by atoms with Crippen LogP contribution in [0.5, 0.6) is 0 Å². The summed E-state index contributed by atoms with van der Waals surface area (Å²) in [7, 11) is 0. The Kier molecular flexibility index (Phi) is 3.12. The predicted molar refractivity (Wildman–Crippen MR) is 81.1 cm³/mol. The zero-order valence-corrected chi connectivity index (χ0v) is 13.5. The summed E-state index contributed by atoms with van der Waals surface area (Å²) in [5.74, 6) is 0.659. The Morgan fingerprint density at radius 2 is 2.05 bits per heavy atom. The molecule has 0 radical (unpaired) electrons. The molecule has 0 spiro atoms. The summed E-state index contributed by atoms with van der Waals surface area (Å²) < 4.78 is 8.00. The van der Waals surface area contributed by atoms with Crippen molar-refractivity contribution < 1.29 is 4.74 Å². The summed E-state index contributed by atoms with van der Waals surface area (Å²) >= 11 is 0. The Labute approximate surface area is 121 Å². The summed E-state index contributed by atoms with van der Waals surface area (Å²) in [5.41, 5.74) is 3.78. The standard InChI is InChI=1S/C16H27N3O/c1-9(2)19-11(4)13(10(3)18-19)17-14-12-7-8-20-15(12)16(14,5)6/h9,12,14-15,17H,7-8H2,1-6H3. The largest absolute Gasteiger partial charge is 0.378 e. The number of hydrogen-bond acceptors (Lipinski definition) is 3. The first-order chi connectivity index (χ1) is 9.34. The predicted octanol–water partition coefficient (Wildman–Crippen LogP) is 3.31. The minimum Gasteiger partial charge on any atom is -0.378 e. The maximum Gasteiger partial charge on any atom is 0.0828 e. The van der Waals surface area contributed by atoms with E-state index in [0.717, 1.165) is 12.3 Å². The quantitative estimate of drug-likeness (QED) is 0.921. The van der Waals surface area contributed by atoms with Gasteiger partial charge in [-0.05, 0) is 34.1 Å². The van der Waals surface area contributed by atoms with Crippen molar-refractivity contribution in [2.45, 2.75) is 66.2 Å². The Bertz CT molecular complexity index is 518. The zero-order chi connectivity index (χ0) is 14.7. The molecule has 0 amide bonds. The van der Waals surface area contributed by atoms with E-state index in [0.29, 0.717) is 24.1 Å². The van der Waals surface area contributed by atoms with Crippen molar-refractivity contribution in [2.24, 2.45) is 11.3 Å². The molecule has 3 rings (SSSR count). The van der Waals surface area contributed by atoms with Crippen molar-refractivity contribution in [3.8, 4) is 0 Å². The molecule has 2 fully saturated rings. The molecule has 4 heteroatoms. The van der Waals surface area contributed by atoms with Crippen LogP contribution in [0.15, 0.2) is 0 Å². The molecular formula is C16H27N3O. The van der Waals surface area contributed by atoms with E-state index in [1.165, 1.54) is 17.8 Å². The van der Waals surface area contributed by atoms with Gasteiger partial charge in [-0.3, -0.25) is 4.68 Å². The molecule has 20 heavy (non-hydrogen) atoms. The first kappa shape index (κ1) is 13.9. The highest BCUT2D eigenvalue weighted by molar-refractivity contribution is 5.54. The third-order valence-electron chi connectivity index (χ3n) is 5.21. The average Bonchev–Trinajstić information content (AvgIpc) is 2.91. The fraction of sp³-hybridized carbons (Fsp3) is 0.812. The fourth-order valence-electron chi connectivity index (χ4n) is 4.15. The Morgan fingerprint density at radius 1 is 1.35 bits per heavy atom. The van der Waals surface area contributed by atoms with E-state index in [-0.39, 0.29) is 5.41 Å². The molecule has 3 atom stereocenters. The van der Waals surface area contributed by atoms with E-state index in [1.54, 1.807) is 0 Å². The van der Waals surface area contributed by atoms with Crippen LogP contribution in [-0.4, -0.2) is 28.5 Å². The van der Waals surface area contributed by atoms with E-state index < -0.39 is 0 Å². The highest BCUT2D eigenvalue weighted by Crippen LogP contribution is 2.53. The smallest absolute Gasteiger partial charge is 0.0828 e. The molecule has 0 bridgehead atoms. The van der Waals surface area contributed by atoms with Crippen LogP contribution in [-0.2, 0) is 4.74 Å². The van der Waals surface area contributed by atoms with Crippen molar-refractivity contribution in [1.82, 2.24) is 9.78 Å². The number of ether oxygens (including phenoxy) is 1. The van der Waals surface area contributed by atoms with Gasteiger partial charge in [0.2, 0.25) is 0 Å². The number of hydrogen-bond donors (Lipinski definition) is 1. The zero-order valence-electron chi connectivity index (χ0n) is 13.5. The number of fused-ring (bicyclic) bond motifs is 1. The summed E-state index contributed by atoms with van der Waals surface area (Å²) in [4.78, 5) is 0. The van der Waals surface area contributed by atoms with Gasteiger partial charge in [0.25, 0.3) is 0 Å². The van der Waals surface area contributed by atoms with Crippen molar-refractivity contribution in [3.63, 3.8) is 0 Å². The lowest BCUT2D eigenvalue weighted by atomic mass is 9.57. The Morgan fingerprint density at radius 3 is 2.65 bits per heavy atom. The number of nitrogens with one attached hydrogen (secondary N) is 1. The normalized spacial score (nSPS) is 31.2. The second-order valence-electron chi connectivity index (χ2n) is 7.27. The van der Waals surface area contributed by atoms with Crippen LogP contribution < -0.4 is 5.32 Å². The van der Waals surface area contributed by atoms with E-state index in [2.05, 4.69) is 56.6 Å².